The maximum Gasteiger partial charge on any atom is 0.205 e. The summed E-state index contributed by atoms with van der Waals surface area (Å²) >= 11 is 3.48. The molecular formula is C14H11BrN2O. The molecule has 4 heteroatoms. The summed E-state index contributed by atoms with van der Waals surface area (Å²) in [4.78, 5) is 4.23. The van der Waals surface area contributed by atoms with Gasteiger partial charge in [0.25, 0.3) is 0 Å². The minimum absolute atomic E-state index is 0.756. The summed E-state index contributed by atoms with van der Waals surface area (Å²) in [6.07, 6.45) is 3.64. The molecule has 0 N–H and O–H groups in total. The van der Waals surface area contributed by atoms with Crippen LogP contribution in [-0.2, 0) is 0 Å². The van der Waals surface area contributed by atoms with Gasteiger partial charge in [-0.25, -0.2) is 4.98 Å². The van der Waals surface area contributed by atoms with Crippen molar-refractivity contribution in [3.63, 3.8) is 0 Å². The van der Waals surface area contributed by atoms with Crippen LogP contribution in [0.25, 0.3) is 5.65 Å². The van der Waals surface area contributed by atoms with E-state index >= 15 is 0 Å². The number of pyridine rings is 1. The highest BCUT2D eigenvalue weighted by atomic mass is 79.9. The van der Waals surface area contributed by atoms with Gasteiger partial charge >= 0.3 is 0 Å². The summed E-state index contributed by atoms with van der Waals surface area (Å²) in [5.74, 6) is 1.57. The van der Waals surface area contributed by atoms with Gasteiger partial charge in [0, 0.05) is 16.9 Å². The molecule has 0 unspecified atom stereocenters. The lowest BCUT2D eigenvalue weighted by molar-refractivity contribution is 0.456. The monoisotopic (exact) mass is 302 g/mol. The van der Waals surface area contributed by atoms with Gasteiger partial charge < -0.3 is 4.74 Å². The van der Waals surface area contributed by atoms with Crippen LogP contribution < -0.4 is 4.74 Å². The molecule has 0 fully saturated rings. The molecule has 2 heterocycles. The van der Waals surface area contributed by atoms with Gasteiger partial charge in [-0.1, -0.05) is 22.0 Å². The fourth-order valence-electron chi connectivity index (χ4n) is 1.81. The van der Waals surface area contributed by atoms with Crippen LogP contribution >= 0.6 is 15.9 Å². The molecule has 0 saturated carbocycles. The van der Waals surface area contributed by atoms with Crippen molar-refractivity contribution in [3.05, 3.63) is 58.8 Å². The van der Waals surface area contributed by atoms with Gasteiger partial charge in [0.05, 0.1) is 0 Å². The van der Waals surface area contributed by atoms with Crippen molar-refractivity contribution >= 4 is 21.6 Å². The Kier molecular flexibility index (Phi) is 2.80. The topological polar surface area (TPSA) is 26.5 Å². The van der Waals surface area contributed by atoms with E-state index < -0.39 is 0 Å². The Morgan fingerprint density at radius 1 is 1.22 bits per heavy atom. The van der Waals surface area contributed by atoms with Gasteiger partial charge in [0.2, 0.25) is 5.88 Å². The maximum absolute atomic E-state index is 5.89. The molecule has 90 valence electrons. The molecule has 0 bridgehead atoms. The third kappa shape index (κ3) is 1.99. The van der Waals surface area contributed by atoms with Gasteiger partial charge in [-0.15, -0.1) is 0 Å². The first-order valence-corrected chi connectivity index (χ1v) is 6.39. The van der Waals surface area contributed by atoms with Crippen LogP contribution in [0, 0.1) is 6.92 Å². The Labute approximate surface area is 113 Å². The summed E-state index contributed by atoms with van der Waals surface area (Å²) < 4.78 is 8.88. The summed E-state index contributed by atoms with van der Waals surface area (Å²) in [5, 5.41) is 0. The summed E-state index contributed by atoms with van der Waals surface area (Å²) in [5.41, 5.74) is 2.02. The highest BCUT2D eigenvalue weighted by Gasteiger charge is 2.04. The molecule has 3 rings (SSSR count). The van der Waals surface area contributed by atoms with Gasteiger partial charge in [0.15, 0.2) is 0 Å². The molecule has 0 radical (unpaired) electrons. The van der Waals surface area contributed by atoms with Crippen molar-refractivity contribution in [2.75, 3.05) is 0 Å². The van der Waals surface area contributed by atoms with Gasteiger partial charge in [-0.2, -0.15) is 0 Å². The zero-order valence-corrected chi connectivity index (χ0v) is 11.4. The van der Waals surface area contributed by atoms with Crippen molar-refractivity contribution in [3.8, 4) is 11.6 Å². The highest BCUT2D eigenvalue weighted by Crippen LogP contribution is 2.26. The molecule has 1 aromatic carbocycles. The zero-order valence-electron chi connectivity index (χ0n) is 9.80. The Morgan fingerprint density at radius 2 is 2.11 bits per heavy atom. The predicted octanol–water partition coefficient (Wildman–Crippen LogP) is 4.20. The SMILES string of the molecule is Cc1cc(Oc2cccc3nccn23)ccc1Br. The largest absolute Gasteiger partial charge is 0.440 e. The van der Waals surface area contributed by atoms with Crippen LogP contribution in [0.4, 0.5) is 0 Å². The lowest BCUT2D eigenvalue weighted by Gasteiger charge is -2.09. The third-order valence-corrected chi connectivity index (χ3v) is 3.63. The molecular weight excluding hydrogens is 292 g/mol. The molecule has 3 nitrogen and oxygen atoms in total. The highest BCUT2D eigenvalue weighted by molar-refractivity contribution is 9.10. The second-order valence-electron chi connectivity index (χ2n) is 4.03. The van der Waals surface area contributed by atoms with E-state index in [2.05, 4.69) is 20.9 Å². The van der Waals surface area contributed by atoms with Crippen LogP contribution in [0.2, 0.25) is 0 Å². The fourth-order valence-corrected chi connectivity index (χ4v) is 2.05. The van der Waals surface area contributed by atoms with Crippen LogP contribution in [0.1, 0.15) is 5.56 Å². The Hall–Kier alpha value is -1.81. The van der Waals surface area contributed by atoms with E-state index in [1.54, 1.807) is 6.20 Å². The number of imidazole rings is 1. The standard InChI is InChI=1S/C14H11BrN2O/c1-10-9-11(5-6-12(10)15)18-14-4-2-3-13-16-7-8-17(13)14/h2-9H,1H3. The fraction of sp³-hybridized carbons (Fsp3) is 0.0714. The number of hydrogen-bond donors (Lipinski definition) is 0. The normalized spacial score (nSPS) is 10.8. The van der Waals surface area contributed by atoms with Crippen molar-refractivity contribution in [1.82, 2.24) is 9.38 Å². The van der Waals surface area contributed by atoms with Crippen LogP contribution in [-0.4, -0.2) is 9.38 Å². The first kappa shape index (κ1) is 11.3. The van der Waals surface area contributed by atoms with Gasteiger partial charge in [-0.3, -0.25) is 4.40 Å². The predicted molar refractivity (Wildman–Crippen MR) is 74.1 cm³/mol. The van der Waals surface area contributed by atoms with E-state index in [9.17, 15) is 0 Å². The minimum atomic E-state index is 0.756. The smallest absolute Gasteiger partial charge is 0.205 e. The van der Waals surface area contributed by atoms with Crippen LogP contribution in [0.15, 0.2) is 53.3 Å². The number of halogens is 1. The van der Waals surface area contributed by atoms with Crippen molar-refractivity contribution in [2.45, 2.75) is 6.92 Å². The van der Waals surface area contributed by atoms with Crippen molar-refractivity contribution < 1.29 is 4.74 Å². The number of nitrogens with zero attached hydrogens (tertiary/aromatic N) is 2. The lowest BCUT2D eigenvalue weighted by atomic mass is 10.2. The molecule has 0 aliphatic carbocycles. The Morgan fingerprint density at radius 3 is 2.94 bits per heavy atom. The second-order valence-corrected chi connectivity index (χ2v) is 4.89. The summed E-state index contributed by atoms with van der Waals surface area (Å²) in [6, 6.07) is 11.7. The zero-order chi connectivity index (χ0) is 12.5. The third-order valence-electron chi connectivity index (χ3n) is 2.74. The van der Waals surface area contributed by atoms with Crippen molar-refractivity contribution in [2.24, 2.45) is 0 Å². The first-order valence-electron chi connectivity index (χ1n) is 5.60. The number of benzene rings is 1. The second kappa shape index (κ2) is 4.46. The molecule has 18 heavy (non-hydrogen) atoms. The van der Waals surface area contributed by atoms with Gasteiger partial charge in [-0.05, 0) is 42.8 Å². The van der Waals surface area contributed by atoms with E-state index in [4.69, 9.17) is 4.74 Å². The number of aryl methyl sites for hydroxylation is 1. The molecule has 0 spiro atoms. The average Bonchev–Trinajstić information content (AvgIpc) is 2.83. The maximum atomic E-state index is 5.89. The van der Waals surface area contributed by atoms with Crippen molar-refractivity contribution in [1.29, 1.82) is 0 Å². The Bertz CT molecular complexity index is 706. The molecule has 0 aliphatic rings. The van der Waals surface area contributed by atoms with Gasteiger partial charge in [0.1, 0.15) is 11.4 Å². The molecule has 3 aromatic rings. The number of aromatic nitrogens is 2. The average molecular weight is 303 g/mol. The molecule has 0 aliphatic heterocycles. The van der Waals surface area contributed by atoms with Crippen LogP contribution in [0.5, 0.6) is 11.6 Å². The molecule has 0 atom stereocenters. The summed E-state index contributed by atoms with van der Waals surface area (Å²) in [6.45, 7) is 2.04. The number of hydrogen-bond acceptors (Lipinski definition) is 2. The molecule has 2 aromatic heterocycles. The van der Waals surface area contributed by atoms with E-state index in [0.717, 1.165) is 27.3 Å². The lowest BCUT2D eigenvalue weighted by Crippen LogP contribution is -1.92. The number of rotatable bonds is 2. The quantitative estimate of drug-likeness (QED) is 0.709. The van der Waals surface area contributed by atoms with E-state index in [-0.39, 0.29) is 0 Å². The number of fused-ring (bicyclic) bond motifs is 1. The Balaban J connectivity index is 2.01. The van der Waals surface area contributed by atoms with E-state index in [1.165, 1.54) is 0 Å². The van der Waals surface area contributed by atoms with E-state index in [1.807, 2.05) is 53.9 Å². The molecule has 0 saturated heterocycles. The molecule has 0 amide bonds. The summed E-state index contributed by atoms with van der Waals surface area (Å²) in [7, 11) is 0. The number of ether oxygens (including phenoxy) is 1. The first-order chi connectivity index (χ1) is 8.74. The minimum Gasteiger partial charge on any atom is -0.440 e. The van der Waals surface area contributed by atoms with E-state index in [0.29, 0.717) is 0 Å². The van der Waals surface area contributed by atoms with Crippen LogP contribution in [0.3, 0.4) is 0 Å².